The van der Waals surface area contributed by atoms with E-state index < -0.39 is 28.8 Å². The molecule has 6 unspecified atom stereocenters. The summed E-state index contributed by atoms with van der Waals surface area (Å²) < 4.78 is 26.4. The van der Waals surface area contributed by atoms with Crippen LogP contribution in [0.5, 0.6) is 23.0 Å². The van der Waals surface area contributed by atoms with E-state index in [0.29, 0.717) is 35.8 Å². The SMILES string of the molecule is C=CCOC12Oc3ccc(Oc4ccc5ccccc5c4)cc3C3C(CCCCO)C(CCCCO)C=C(C(=NOC)CC1N(C)C(=O)Oc1ccc([N+](=O)[O-])cc1)C32. The van der Waals surface area contributed by atoms with Crippen molar-refractivity contribution in [1.29, 1.82) is 0 Å². The van der Waals surface area contributed by atoms with E-state index in [1.54, 1.807) is 13.1 Å². The van der Waals surface area contributed by atoms with Gasteiger partial charge in [0.25, 0.3) is 5.69 Å². The number of nitro benzene ring substituents is 1. The number of aliphatic hydroxyl groups is 2. The van der Waals surface area contributed by atoms with Crippen molar-refractivity contribution < 1.29 is 43.7 Å². The number of nitro groups is 1. The number of carbonyl (C=O) groups is 1. The maximum Gasteiger partial charge on any atom is 0.415 e. The van der Waals surface area contributed by atoms with Gasteiger partial charge in [-0.1, -0.05) is 60.5 Å². The van der Waals surface area contributed by atoms with Crippen molar-refractivity contribution >= 4 is 28.3 Å². The van der Waals surface area contributed by atoms with E-state index in [2.05, 4.69) is 23.9 Å². The Morgan fingerprint density at radius 3 is 2.37 bits per heavy atom. The number of hydrogen-bond donors (Lipinski definition) is 2. The van der Waals surface area contributed by atoms with Crippen LogP contribution in [0.2, 0.25) is 0 Å². The van der Waals surface area contributed by atoms with Crippen LogP contribution in [-0.2, 0) is 9.57 Å². The summed E-state index contributed by atoms with van der Waals surface area (Å²) >= 11 is 0. The zero-order chi connectivity index (χ0) is 41.5. The lowest BCUT2D eigenvalue weighted by Gasteiger charge is -2.59. The van der Waals surface area contributed by atoms with Crippen LogP contribution in [0.15, 0.2) is 114 Å². The van der Waals surface area contributed by atoms with Crippen molar-refractivity contribution in [3.63, 3.8) is 0 Å². The van der Waals surface area contributed by atoms with Gasteiger partial charge in [-0.15, -0.1) is 6.58 Å². The predicted octanol–water partition coefficient (Wildman–Crippen LogP) is 8.93. The summed E-state index contributed by atoms with van der Waals surface area (Å²) in [5.41, 5.74) is 2.32. The Morgan fingerprint density at radius 2 is 1.66 bits per heavy atom. The third-order valence-electron chi connectivity index (χ3n) is 11.8. The molecule has 13 nitrogen and oxygen atoms in total. The minimum absolute atomic E-state index is 0.0270. The zero-order valence-corrected chi connectivity index (χ0v) is 33.4. The van der Waals surface area contributed by atoms with Crippen molar-refractivity contribution in [3.05, 3.63) is 125 Å². The molecule has 4 aromatic rings. The molecule has 2 aliphatic carbocycles. The summed E-state index contributed by atoms with van der Waals surface area (Å²) in [6, 6.07) is 24.4. The fraction of sp³-hybridized carbons (Fsp3) is 0.391. The number of hydrogen-bond acceptors (Lipinski definition) is 11. The number of ether oxygens (including phenoxy) is 4. The van der Waals surface area contributed by atoms with Crippen LogP contribution in [0, 0.1) is 27.9 Å². The Morgan fingerprint density at radius 1 is 0.966 bits per heavy atom. The number of fused-ring (bicyclic) bond motifs is 3. The first-order chi connectivity index (χ1) is 28.7. The highest BCUT2D eigenvalue weighted by Crippen LogP contribution is 2.62. The summed E-state index contributed by atoms with van der Waals surface area (Å²) in [5.74, 6) is -0.104. The van der Waals surface area contributed by atoms with Gasteiger partial charge in [0.15, 0.2) is 0 Å². The summed E-state index contributed by atoms with van der Waals surface area (Å²) in [5, 5.41) is 37.7. The van der Waals surface area contributed by atoms with Gasteiger partial charge in [0, 0.05) is 50.3 Å². The highest BCUT2D eigenvalue weighted by atomic mass is 16.7. The zero-order valence-electron chi connectivity index (χ0n) is 33.4. The van der Waals surface area contributed by atoms with Gasteiger partial charge in [0.05, 0.1) is 23.2 Å². The van der Waals surface area contributed by atoms with Crippen LogP contribution in [0.1, 0.15) is 56.4 Å². The van der Waals surface area contributed by atoms with Gasteiger partial charge in [-0.25, -0.2) is 4.79 Å². The number of carbonyl (C=O) groups excluding carboxylic acids is 1. The van der Waals surface area contributed by atoms with Crippen molar-refractivity contribution in [3.8, 4) is 23.0 Å². The van der Waals surface area contributed by atoms with Gasteiger partial charge in [-0.05, 0) is 96.3 Å². The lowest BCUT2D eigenvalue weighted by molar-refractivity contribution is -0.384. The van der Waals surface area contributed by atoms with Gasteiger partial charge in [-0.2, -0.15) is 0 Å². The number of oxime groups is 1. The minimum Gasteiger partial charge on any atom is -0.459 e. The predicted molar refractivity (Wildman–Crippen MR) is 223 cm³/mol. The van der Waals surface area contributed by atoms with Crippen LogP contribution in [0.3, 0.4) is 0 Å². The molecule has 1 heterocycles. The monoisotopic (exact) mass is 805 g/mol. The van der Waals surface area contributed by atoms with E-state index in [1.807, 2.05) is 54.6 Å². The fourth-order valence-corrected chi connectivity index (χ4v) is 9.20. The van der Waals surface area contributed by atoms with Crippen LogP contribution >= 0.6 is 0 Å². The van der Waals surface area contributed by atoms with Gasteiger partial charge in [0.1, 0.15) is 36.1 Å². The number of rotatable bonds is 17. The number of benzene rings is 4. The molecule has 0 aromatic heterocycles. The third kappa shape index (κ3) is 8.54. The number of amides is 1. The molecule has 0 bridgehead atoms. The van der Waals surface area contributed by atoms with E-state index in [0.717, 1.165) is 47.6 Å². The van der Waals surface area contributed by atoms with Gasteiger partial charge < -0.3 is 38.9 Å². The number of non-ortho nitro benzene ring substituents is 1. The molecule has 0 saturated heterocycles. The number of allylic oxidation sites excluding steroid dienone is 1. The number of likely N-dealkylation sites (N-methyl/N-ethyl adjacent to an activating group) is 1. The molecule has 13 heteroatoms. The summed E-state index contributed by atoms with van der Waals surface area (Å²) in [6.07, 6.45) is 7.85. The average Bonchev–Trinajstić information content (AvgIpc) is 3.24. The molecule has 4 aromatic carbocycles. The molecule has 0 radical (unpaired) electrons. The van der Waals surface area contributed by atoms with Crippen LogP contribution < -0.4 is 14.2 Å². The molecule has 1 fully saturated rings. The lowest BCUT2D eigenvalue weighted by Crippen LogP contribution is -2.69. The first kappa shape index (κ1) is 41.4. The van der Waals surface area contributed by atoms with Crippen molar-refractivity contribution in [1.82, 2.24) is 4.90 Å². The molecule has 1 saturated carbocycles. The molecule has 1 aliphatic heterocycles. The molecule has 7 rings (SSSR count). The average molecular weight is 806 g/mol. The standard InChI is InChI=1S/C46H51N3O10/c1-4-25-56-46-42(48(2)45(52)58-34-19-16-33(17-20-34)49(53)54)29-40(47-55-3)38-27-32(13-7-9-23-50)37(14-8-10-24-51)43(44(38)46)39-28-36(21-22-41(39)59-46)57-35-18-15-30-11-5-6-12-31(30)26-35/h4-6,11-12,15-22,26-28,32,37,42-44,50-51H,1,7-10,13-14,23-25,29H2,2-3H3. The first-order valence-corrected chi connectivity index (χ1v) is 20.2. The fourth-order valence-electron chi connectivity index (χ4n) is 9.20. The van der Waals surface area contributed by atoms with Gasteiger partial charge >= 0.3 is 6.09 Å². The molecule has 310 valence electrons. The van der Waals surface area contributed by atoms with Crippen LogP contribution in [0.4, 0.5) is 10.5 Å². The van der Waals surface area contributed by atoms with Crippen molar-refractivity contribution in [2.24, 2.45) is 22.9 Å². The Labute approximate surface area is 343 Å². The Hall–Kier alpha value is -5.76. The number of nitrogens with zero attached hydrogens (tertiary/aromatic N) is 3. The molecular formula is C46H51N3O10. The summed E-state index contributed by atoms with van der Waals surface area (Å²) in [4.78, 5) is 31.8. The second kappa shape index (κ2) is 18.4. The van der Waals surface area contributed by atoms with Gasteiger partial charge in [0.2, 0.25) is 5.79 Å². The maximum atomic E-state index is 14.1. The molecule has 6 atom stereocenters. The highest BCUT2D eigenvalue weighted by molar-refractivity contribution is 6.03. The largest absolute Gasteiger partial charge is 0.459 e. The van der Waals surface area contributed by atoms with E-state index in [9.17, 15) is 25.1 Å². The quantitative estimate of drug-likeness (QED) is 0.0456. The molecular weight excluding hydrogens is 755 g/mol. The molecule has 1 amide bonds. The second-order valence-electron chi connectivity index (χ2n) is 15.3. The number of aliphatic hydroxyl groups excluding tert-OH is 2. The Kier molecular flexibility index (Phi) is 12.9. The molecule has 0 spiro atoms. The van der Waals surface area contributed by atoms with Crippen LogP contribution in [0.25, 0.3) is 10.8 Å². The van der Waals surface area contributed by atoms with Crippen LogP contribution in [-0.4, -0.2) is 77.6 Å². The molecule has 2 N–H and O–H groups in total. The topological polar surface area (TPSA) is 162 Å². The lowest BCUT2D eigenvalue weighted by atomic mass is 9.55. The van der Waals surface area contributed by atoms with E-state index in [-0.39, 0.29) is 55.4 Å². The van der Waals surface area contributed by atoms with Gasteiger partial charge in [-0.3, -0.25) is 10.1 Å². The maximum absolute atomic E-state index is 14.1. The minimum atomic E-state index is -1.47. The molecule has 59 heavy (non-hydrogen) atoms. The number of unbranched alkanes of at least 4 members (excludes halogenated alkanes) is 2. The van der Waals surface area contributed by atoms with E-state index in [4.69, 9.17) is 23.8 Å². The van der Waals surface area contributed by atoms with Crippen molar-refractivity contribution in [2.45, 2.75) is 62.7 Å². The van der Waals surface area contributed by atoms with E-state index in [1.165, 1.54) is 36.3 Å². The summed E-state index contributed by atoms with van der Waals surface area (Å²) in [7, 11) is 3.11. The third-order valence-corrected chi connectivity index (χ3v) is 11.8. The summed E-state index contributed by atoms with van der Waals surface area (Å²) in [6.45, 7) is 4.22. The Bertz CT molecular complexity index is 2210. The normalized spacial score (nSPS) is 23.6. The smallest absolute Gasteiger partial charge is 0.415 e. The van der Waals surface area contributed by atoms with E-state index >= 15 is 0 Å². The molecule has 3 aliphatic rings. The highest BCUT2D eigenvalue weighted by Gasteiger charge is 2.65. The Balaban J connectivity index is 1.36. The van der Waals surface area contributed by atoms with Crippen molar-refractivity contribution in [2.75, 3.05) is 34.0 Å². The first-order valence-electron chi connectivity index (χ1n) is 20.2. The second-order valence-corrected chi connectivity index (χ2v) is 15.3.